The van der Waals surface area contributed by atoms with E-state index in [-0.39, 0.29) is 22.0 Å². The SMILES string of the molecule is CC(C)(C)[P@]1c2c(OCc3ccccc3)cccc2OC1C1Oc2cccc(OCc3ccccc3)c2[P@@]1C(C)(C)C. The van der Waals surface area contributed by atoms with Gasteiger partial charge in [-0.2, -0.15) is 0 Å². The van der Waals surface area contributed by atoms with Gasteiger partial charge in [-0.3, -0.25) is 0 Å². The van der Waals surface area contributed by atoms with E-state index >= 15 is 0 Å². The van der Waals surface area contributed by atoms with E-state index in [1.807, 2.05) is 24.3 Å². The molecule has 4 nitrogen and oxygen atoms in total. The van der Waals surface area contributed by atoms with Crippen molar-refractivity contribution in [3.63, 3.8) is 0 Å². The molecule has 0 bridgehead atoms. The summed E-state index contributed by atoms with van der Waals surface area (Å²) < 4.78 is 26.9. The second kappa shape index (κ2) is 11.6. The third kappa shape index (κ3) is 5.77. The zero-order chi connectivity index (χ0) is 29.5. The lowest BCUT2D eigenvalue weighted by molar-refractivity contribution is 0.171. The number of benzene rings is 4. The van der Waals surface area contributed by atoms with Gasteiger partial charge in [-0.25, -0.2) is 0 Å². The smallest absolute Gasteiger partial charge is 0.162 e. The van der Waals surface area contributed by atoms with E-state index in [4.69, 9.17) is 18.9 Å². The van der Waals surface area contributed by atoms with Crippen LogP contribution in [0.3, 0.4) is 0 Å². The Morgan fingerprint density at radius 1 is 0.524 bits per heavy atom. The van der Waals surface area contributed by atoms with Crippen molar-refractivity contribution in [2.24, 2.45) is 0 Å². The van der Waals surface area contributed by atoms with Crippen LogP contribution in [0, 0.1) is 0 Å². The minimum atomic E-state index is -0.805. The van der Waals surface area contributed by atoms with E-state index in [0.29, 0.717) is 13.2 Å². The van der Waals surface area contributed by atoms with Gasteiger partial charge < -0.3 is 18.9 Å². The van der Waals surface area contributed by atoms with Crippen molar-refractivity contribution in [1.29, 1.82) is 0 Å². The molecule has 2 heterocycles. The molecule has 42 heavy (non-hydrogen) atoms. The highest BCUT2D eigenvalue weighted by Crippen LogP contribution is 2.69. The van der Waals surface area contributed by atoms with Crippen molar-refractivity contribution in [3.05, 3.63) is 108 Å². The molecule has 0 fully saturated rings. The summed E-state index contributed by atoms with van der Waals surface area (Å²) >= 11 is 0. The summed E-state index contributed by atoms with van der Waals surface area (Å²) in [6.45, 7) is 15.0. The fourth-order valence-electron chi connectivity index (χ4n) is 5.80. The van der Waals surface area contributed by atoms with Crippen LogP contribution in [0.4, 0.5) is 0 Å². The largest absolute Gasteiger partial charge is 0.488 e. The van der Waals surface area contributed by atoms with Crippen molar-refractivity contribution in [3.8, 4) is 23.0 Å². The van der Waals surface area contributed by atoms with Gasteiger partial charge in [0.2, 0.25) is 0 Å². The molecule has 0 spiro atoms. The maximum absolute atomic E-state index is 6.95. The molecule has 0 radical (unpaired) electrons. The van der Waals surface area contributed by atoms with Crippen LogP contribution in [0.5, 0.6) is 23.0 Å². The lowest BCUT2D eigenvalue weighted by atomic mass is 10.2. The van der Waals surface area contributed by atoms with E-state index in [9.17, 15) is 0 Å². The number of rotatable bonds is 7. The van der Waals surface area contributed by atoms with E-state index < -0.39 is 15.8 Å². The lowest BCUT2D eigenvalue weighted by Crippen LogP contribution is -2.38. The van der Waals surface area contributed by atoms with Crippen molar-refractivity contribution >= 4 is 26.5 Å². The van der Waals surface area contributed by atoms with Gasteiger partial charge in [0.1, 0.15) is 36.2 Å². The second-order valence-corrected chi connectivity index (χ2v) is 18.9. The van der Waals surface area contributed by atoms with Crippen molar-refractivity contribution in [2.75, 3.05) is 0 Å². The standard InChI is InChI=1S/C36H40O4P2/c1-35(2,3)41-31-27(37-23-25-15-9-7-10-16-25)19-13-21-29(31)39-33(41)34-40-30-22-14-20-28(32(30)42(34)36(4,5)6)38-24-26-17-11-8-12-18-26/h7-22,33-34H,23-24H2,1-6H3/t33?,34?,41-,42-/m1/s1. The Kier molecular flexibility index (Phi) is 7.99. The van der Waals surface area contributed by atoms with Gasteiger partial charge in [0.25, 0.3) is 0 Å². The van der Waals surface area contributed by atoms with Crippen LogP contribution in [0.1, 0.15) is 52.7 Å². The van der Waals surface area contributed by atoms with Gasteiger partial charge in [0, 0.05) is 0 Å². The van der Waals surface area contributed by atoms with Crippen LogP contribution in [0.25, 0.3) is 0 Å². The fourth-order valence-corrected chi connectivity index (χ4v) is 12.5. The van der Waals surface area contributed by atoms with E-state index in [2.05, 4.69) is 114 Å². The molecule has 6 rings (SSSR count). The molecule has 218 valence electrons. The molecule has 0 N–H and O–H groups in total. The minimum Gasteiger partial charge on any atom is -0.488 e. The lowest BCUT2D eigenvalue weighted by Gasteiger charge is -2.39. The van der Waals surface area contributed by atoms with Crippen LogP contribution < -0.4 is 29.6 Å². The summed E-state index contributed by atoms with van der Waals surface area (Å²) in [6, 6.07) is 33.2. The van der Waals surface area contributed by atoms with Crippen molar-refractivity contribution in [1.82, 2.24) is 0 Å². The summed E-state index contributed by atoms with van der Waals surface area (Å²) in [5.74, 6) is 3.49. The summed E-state index contributed by atoms with van der Waals surface area (Å²) in [4.78, 5) is 0. The molecule has 2 aliphatic heterocycles. The molecule has 0 aliphatic carbocycles. The Labute approximate surface area is 252 Å². The average Bonchev–Trinajstić information content (AvgIpc) is 3.56. The Bertz CT molecular complexity index is 1410. The first-order valence-electron chi connectivity index (χ1n) is 14.6. The molecule has 0 saturated carbocycles. The van der Waals surface area contributed by atoms with Gasteiger partial charge in [-0.1, -0.05) is 114 Å². The zero-order valence-corrected chi connectivity index (χ0v) is 27.1. The molecular weight excluding hydrogens is 558 g/mol. The highest BCUT2D eigenvalue weighted by molar-refractivity contribution is 7.72. The van der Waals surface area contributed by atoms with Crippen molar-refractivity contribution < 1.29 is 18.9 Å². The quantitative estimate of drug-likeness (QED) is 0.199. The van der Waals surface area contributed by atoms with Gasteiger partial charge >= 0.3 is 0 Å². The molecule has 4 aromatic rings. The Balaban J connectivity index is 1.35. The van der Waals surface area contributed by atoms with Gasteiger partial charge in [-0.15, -0.1) is 0 Å². The number of hydrogen-bond acceptors (Lipinski definition) is 4. The van der Waals surface area contributed by atoms with E-state index in [0.717, 1.165) is 34.1 Å². The Morgan fingerprint density at radius 3 is 1.26 bits per heavy atom. The van der Waals surface area contributed by atoms with Crippen LogP contribution >= 0.6 is 15.8 Å². The van der Waals surface area contributed by atoms with E-state index in [1.54, 1.807) is 0 Å². The van der Waals surface area contributed by atoms with Crippen LogP contribution in [-0.2, 0) is 13.2 Å². The predicted molar refractivity (Wildman–Crippen MR) is 176 cm³/mol. The Morgan fingerprint density at radius 2 is 0.905 bits per heavy atom. The summed E-state index contributed by atoms with van der Waals surface area (Å²) in [5, 5.41) is 2.37. The van der Waals surface area contributed by atoms with Crippen molar-refractivity contribution in [2.45, 2.75) is 76.8 Å². The number of fused-ring (bicyclic) bond motifs is 2. The monoisotopic (exact) mass is 598 g/mol. The summed E-state index contributed by atoms with van der Waals surface area (Å²) in [5.41, 5.74) is 2.30. The molecule has 2 aliphatic rings. The zero-order valence-electron chi connectivity index (χ0n) is 25.3. The summed E-state index contributed by atoms with van der Waals surface area (Å²) in [7, 11) is -1.61. The highest BCUT2D eigenvalue weighted by atomic mass is 31.1. The van der Waals surface area contributed by atoms with Gasteiger partial charge in [0.05, 0.1) is 10.6 Å². The first kappa shape index (κ1) is 29.0. The normalized spacial score (nSPS) is 21.2. The van der Waals surface area contributed by atoms with Crippen LogP contribution in [-0.4, -0.2) is 22.0 Å². The molecule has 0 saturated heterocycles. The van der Waals surface area contributed by atoms with Gasteiger partial charge in [0.15, 0.2) is 11.7 Å². The number of ether oxygens (including phenoxy) is 4. The molecule has 0 amide bonds. The summed E-state index contributed by atoms with van der Waals surface area (Å²) in [6.07, 6.45) is 0. The molecule has 6 heteroatoms. The maximum atomic E-state index is 6.95. The Hall–Kier alpha value is -3.06. The molecule has 2 unspecified atom stereocenters. The molecule has 0 aromatic heterocycles. The topological polar surface area (TPSA) is 36.9 Å². The fraction of sp³-hybridized carbons (Fsp3) is 0.333. The van der Waals surface area contributed by atoms with Crippen LogP contribution in [0.2, 0.25) is 0 Å². The first-order chi connectivity index (χ1) is 20.1. The molecule has 4 aromatic carbocycles. The minimum absolute atomic E-state index is 0.0267. The molecular formula is C36H40O4P2. The third-order valence-electron chi connectivity index (χ3n) is 7.57. The van der Waals surface area contributed by atoms with Crippen LogP contribution in [0.15, 0.2) is 97.1 Å². The maximum Gasteiger partial charge on any atom is 0.162 e. The average molecular weight is 599 g/mol. The second-order valence-electron chi connectivity index (χ2n) is 12.9. The first-order valence-corrected chi connectivity index (χ1v) is 17.4. The third-order valence-corrected chi connectivity index (χ3v) is 14.3. The van der Waals surface area contributed by atoms with Gasteiger partial charge in [-0.05, 0) is 61.5 Å². The molecule has 4 atom stereocenters. The van der Waals surface area contributed by atoms with E-state index in [1.165, 1.54) is 10.6 Å². The number of hydrogen-bond donors (Lipinski definition) is 0. The highest BCUT2D eigenvalue weighted by Gasteiger charge is 2.55. The predicted octanol–water partition coefficient (Wildman–Crippen LogP) is 8.79.